The predicted octanol–water partition coefficient (Wildman–Crippen LogP) is 4.21. The summed E-state index contributed by atoms with van der Waals surface area (Å²) in [5.74, 6) is -1.38. The van der Waals surface area contributed by atoms with E-state index in [1.807, 2.05) is 0 Å². The van der Waals surface area contributed by atoms with Crippen molar-refractivity contribution in [1.29, 1.82) is 0 Å². The van der Waals surface area contributed by atoms with E-state index in [4.69, 9.17) is 17.3 Å². The van der Waals surface area contributed by atoms with Crippen LogP contribution in [0.2, 0.25) is 5.02 Å². The number of primary amides is 1. The van der Waals surface area contributed by atoms with Gasteiger partial charge in [0.1, 0.15) is 0 Å². The number of fused-ring (bicyclic) bond motifs is 1. The Bertz CT molecular complexity index is 1140. The number of aromatic nitrogens is 1. The molecule has 0 spiro atoms. The number of rotatable bonds is 5. The molecule has 0 saturated carbocycles. The number of hydrogen-bond donors (Lipinski definition) is 3. The first-order valence-corrected chi connectivity index (χ1v) is 10.9. The fourth-order valence-corrected chi connectivity index (χ4v) is 4.63. The van der Waals surface area contributed by atoms with E-state index in [9.17, 15) is 14.4 Å². The van der Waals surface area contributed by atoms with Gasteiger partial charge in [0, 0.05) is 26.7 Å². The molecule has 4 rings (SSSR count). The van der Waals surface area contributed by atoms with Crippen LogP contribution in [0.15, 0.2) is 48.5 Å². The third kappa shape index (κ3) is 4.76. The molecule has 1 aliphatic carbocycles. The standard InChI is InChI=1S/C22H19ClN4O3S/c23-14-8-4-13(5-9-14)20(29)27-22-26-18-16(2-1-3-17(18)31-22)21(30)25-15-10-6-12(7-11-15)19(24)28/h4-11,16H,1-3H2,(H2,24,28)(H,25,30)(H,26,27,29)/t16-/m1/s1. The van der Waals surface area contributed by atoms with Crippen molar-refractivity contribution >= 4 is 51.5 Å². The maximum atomic E-state index is 12.9. The molecule has 1 heterocycles. The molecule has 1 aliphatic rings. The molecule has 2 aromatic carbocycles. The summed E-state index contributed by atoms with van der Waals surface area (Å²) in [4.78, 5) is 42.1. The Morgan fingerprint density at radius 2 is 1.68 bits per heavy atom. The lowest BCUT2D eigenvalue weighted by Gasteiger charge is -2.20. The zero-order valence-corrected chi connectivity index (χ0v) is 17.9. The number of benzene rings is 2. The van der Waals surface area contributed by atoms with Crippen LogP contribution in [0, 0.1) is 0 Å². The summed E-state index contributed by atoms with van der Waals surface area (Å²) in [6.07, 6.45) is 2.35. The molecule has 31 heavy (non-hydrogen) atoms. The van der Waals surface area contributed by atoms with Crippen molar-refractivity contribution in [2.24, 2.45) is 5.73 Å². The van der Waals surface area contributed by atoms with Gasteiger partial charge in [0.25, 0.3) is 5.91 Å². The molecule has 3 amide bonds. The molecule has 158 valence electrons. The van der Waals surface area contributed by atoms with Gasteiger partial charge in [-0.15, -0.1) is 11.3 Å². The van der Waals surface area contributed by atoms with E-state index in [0.717, 1.165) is 17.7 Å². The van der Waals surface area contributed by atoms with Crippen molar-refractivity contribution in [1.82, 2.24) is 4.98 Å². The zero-order valence-electron chi connectivity index (χ0n) is 16.4. The van der Waals surface area contributed by atoms with Gasteiger partial charge >= 0.3 is 0 Å². The lowest BCUT2D eigenvalue weighted by atomic mass is 9.90. The van der Waals surface area contributed by atoms with Gasteiger partial charge in [-0.25, -0.2) is 4.98 Å². The summed E-state index contributed by atoms with van der Waals surface area (Å²) in [6.45, 7) is 0. The summed E-state index contributed by atoms with van der Waals surface area (Å²) >= 11 is 7.26. The fourth-order valence-electron chi connectivity index (χ4n) is 3.44. The van der Waals surface area contributed by atoms with E-state index >= 15 is 0 Å². The monoisotopic (exact) mass is 454 g/mol. The summed E-state index contributed by atoms with van der Waals surface area (Å²) < 4.78 is 0. The Hall–Kier alpha value is -3.23. The smallest absolute Gasteiger partial charge is 0.257 e. The van der Waals surface area contributed by atoms with Crippen LogP contribution in [-0.4, -0.2) is 22.7 Å². The molecule has 0 bridgehead atoms. The van der Waals surface area contributed by atoms with E-state index in [1.165, 1.54) is 11.3 Å². The van der Waals surface area contributed by atoms with Crippen molar-refractivity contribution < 1.29 is 14.4 Å². The van der Waals surface area contributed by atoms with Crippen LogP contribution in [-0.2, 0) is 11.2 Å². The average Bonchev–Trinajstić information content (AvgIpc) is 3.16. The lowest BCUT2D eigenvalue weighted by Crippen LogP contribution is -2.24. The molecule has 7 nitrogen and oxygen atoms in total. The second kappa shape index (κ2) is 8.87. The zero-order chi connectivity index (χ0) is 22.0. The van der Waals surface area contributed by atoms with E-state index in [-0.39, 0.29) is 11.8 Å². The second-order valence-corrected chi connectivity index (χ2v) is 8.68. The summed E-state index contributed by atoms with van der Waals surface area (Å²) in [5.41, 5.74) is 7.38. The number of aryl methyl sites for hydroxylation is 1. The van der Waals surface area contributed by atoms with Crippen LogP contribution in [0.25, 0.3) is 0 Å². The van der Waals surface area contributed by atoms with Gasteiger partial charge in [-0.2, -0.15) is 0 Å². The number of nitrogens with two attached hydrogens (primary N) is 1. The normalized spacial score (nSPS) is 15.1. The van der Waals surface area contributed by atoms with Crippen LogP contribution >= 0.6 is 22.9 Å². The second-order valence-electron chi connectivity index (χ2n) is 7.16. The maximum Gasteiger partial charge on any atom is 0.257 e. The Morgan fingerprint density at radius 1 is 1.00 bits per heavy atom. The minimum absolute atomic E-state index is 0.173. The van der Waals surface area contributed by atoms with Crippen LogP contribution in [0.3, 0.4) is 0 Å². The van der Waals surface area contributed by atoms with Crippen LogP contribution < -0.4 is 16.4 Å². The molecule has 3 aromatic rings. The Balaban J connectivity index is 1.48. The van der Waals surface area contributed by atoms with Crippen molar-refractivity contribution in [3.05, 3.63) is 75.3 Å². The molecular weight excluding hydrogens is 436 g/mol. The van der Waals surface area contributed by atoms with Crippen molar-refractivity contribution in [3.8, 4) is 0 Å². The molecule has 0 saturated heterocycles. The van der Waals surface area contributed by atoms with Gasteiger partial charge in [0.05, 0.1) is 11.6 Å². The van der Waals surface area contributed by atoms with Crippen molar-refractivity contribution in [3.63, 3.8) is 0 Å². The maximum absolute atomic E-state index is 12.9. The van der Waals surface area contributed by atoms with E-state index < -0.39 is 11.8 Å². The third-order valence-corrected chi connectivity index (χ3v) is 6.33. The van der Waals surface area contributed by atoms with E-state index in [2.05, 4.69) is 15.6 Å². The van der Waals surface area contributed by atoms with Crippen molar-refractivity contribution in [2.45, 2.75) is 25.2 Å². The average molecular weight is 455 g/mol. The molecule has 4 N–H and O–H groups in total. The van der Waals surface area contributed by atoms with Gasteiger partial charge in [0.2, 0.25) is 11.8 Å². The highest BCUT2D eigenvalue weighted by Crippen LogP contribution is 2.37. The molecule has 0 aliphatic heterocycles. The number of carbonyl (C=O) groups is 3. The Labute approximate surface area is 187 Å². The van der Waals surface area contributed by atoms with Gasteiger partial charge in [0.15, 0.2) is 5.13 Å². The van der Waals surface area contributed by atoms with Crippen LogP contribution in [0.5, 0.6) is 0 Å². The van der Waals surface area contributed by atoms with Gasteiger partial charge < -0.3 is 11.1 Å². The third-order valence-electron chi connectivity index (χ3n) is 5.03. The number of hydrogen-bond acceptors (Lipinski definition) is 5. The van der Waals surface area contributed by atoms with E-state index in [1.54, 1.807) is 48.5 Å². The number of carbonyl (C=O) groups excluding carboxylic acids is 3. The van der Waals surface area contributed by atoms with Crippen LogP contribution in [0.4, 0.5) is 10.8 Å². The molecule has 0 radical (unpaired) electrons. The molecular formula is C22H19ClN4O3S. The predicted molar refractivity (Wildman–Crippen MR) is 121 cm³/mol. The van der Waals surface area contributed by atoms with Crippen LogP contribution in [0.1, 0.15) is 50.0 Å². The summed E-state index contributed by atoms with van der Waals surface area (Å²) in [6, 6.07) is 13.0. The first-order chi connectivity index (χ1) is 14.9. The minimum Gasteiger partial charge on any atom is -0.366 e. The largest absolute Gasteiger partial charge is 0.366 e. The molecule has 9 heteroatoms. The fraction of sp³-hybridized carbons (Fsp3) is 0.182. The van der Waals surface area contributed by atoms with Gasteiger partial charge in [-0.3, -0.25) is 19.7 Å². The van der Waals surface area contributed by atoms with Crippen molar-refractivity contribution in [2.75, 3.05) is 10.6 Å². The highest BCUT2D eigenvalue weighted by Gasteiger charge is 2.30. The summed E-state index contributed by atoms with van der Waals surface area (Å²) in [5, 5.41) is 6.71. The summed E-state index contributed by atoms with van der Waals surface area (Å²) in [7, 11) is 0. The number of thiazole rings is 1. The highest BCUT2D eigenvalue weighted by molar-refractivity contribution is 7.16. The number of nitrogens with one attached hydrogen (secondary N) is 2. The number of amides is 3. The first-order valence-electron chi connectivity index (χ1n) is 9.68. The van der Waals surface area contributed by atoms with E-state index in [0.29, 0.717) is 39.1 Å². The Morgan fingerprint density at radius 3 is 2.35 bits per heavy atom. The molecule has 1 aromatic heterocycles. The topological polar surface area (TPSA) is 114 Å². The van der Waals surface area contributed by atoms with Gasteiger partial charge in [-0.05, 0) is 67.8 Å². The minimum atomic E-state index is -0.523. The molecule has 0 unspecified atom stereocenters. The number of nitrogens with zero attached hydrogens (tertiary/aromatic N) is 1. The number of anilines is 2. The van der Waals surface area contributed by atoms with Gasteiger partial charge in [-0.1, -0.05) is 11.6 Å². The highest BCUT2D eigenvalue weighted by atomic mass is 35.5. The molecule has 0 fully saturated rings. The first kappa shape index (κ1) is 21.0. The molecule has 1 atom stereocenters. The quantitative estimate of drug-likeness (QED) is 0.535. The number of halogens is 1. The SMILES string of the molecule is NC(=O)c1ccc(NC(=O)[C@@H]2CCCc3sc(NC(=O)c4ccc(Cl)cc4)nc32)cc1. The lowest BCUT2D eigenvalue weighted by molar-refractivity contribution is -0.117. The Kier molecular flexibility index (Phi) is 6.01.